The molecule has 1 aromatic rings. The van der Waals surface area contributed by atoms with Crippen molar-refractivity contribution in [3.05, 3.63) is 34.3 Å². The third-order valence-corrected chi connectivity index (χ3v) is 5.45. The van der Waals surface area contributed by atoms with Gasteiger partial charge in [-0.3, -0.25) is 4.79 Å². The molecule has 0 spiro atoms. The lowest BCUT2D eigenvalue weighted by molar-refractivity contribution is -0.126. The molecule has 1 aliphatic rings. The van der Waals surface area contributed by atoms with Gasteiger partial charge >= 0.3 is 0 Å². The molecule has 2 rings (SSSR count). The fourth-order valence-corrected chi connectivity index (χ4v) is 3.75. The molecule has 7 heteroatoms. The van der Waals surface area contributed by atoms with E-state index < -0.39 is 10.0 Å². The van der Waals surface area contributed by atoms with E-state index >= 15 is 0 Å². The first-order chi connectivity index (χ1) is 9.86. The second kappa shape index (κ2) is 6.89. The van der Waals surface area contributed by atoms with Crippen LogP contribution >= 0.6 is 15.9 Å². The molecule has 5 nitrogen and oxygen atoms in total. The van der Waals surface area contributed by atoms with Crippen LogP contribution in [0.5, 0.6) is 0 Å². The topological polar surface area (TPSA) is 66.5 Å². The minimum absolute atomic E-state index is 0.00289. The van der Waals surface area contributed by atoms with Gasteiger partial charge in [-0.15, -0.1) is 0 Å². The normalized spacial score (nSPS) is 17.6. The van der Waals surface area contributed by atoms with Gasteiger partial charge in [0.15, 0.2) is 0 Å². The van der Waals surface area contributed by atoms with Crippen LogP contribution in [0.15, 0.2) is 28.7 Å². The third kappa shape index (κ3) is 4.79. The second-order valence-corrected chi connectivity index (χ2v) is 8.18. The molecule has 0 radical (unpaired) electrons. The number of halogens is 1. The van der Waals surface area contributed by atoms with Crippen molar-refractivity contribution in [3.63, 3.8) is 0 Å². The molecule has 1 fully saturated rings. The zero-order valence-electron chi connectivity index (χ0n) is 11.9. The highest BCUT2D eigenvalue weighted by Crippen LogP contribution is 2.19. The Morgan fingerprint density at radius 1 is 1.38 bits per heavy atom. The Kier molecular flexibility index (Phi) is 5.40. The van der Waals surface area contributed by atoms with Gasteiger partial charge in [-0.05, 0) is 30.5 Å². The molecule has 1 heterocycles. The van der Waals surface area contributed by atoms with Gasteiger partial charge in [0, 0.05) is 30.0 Å². The van der Waals surface area contributed by atoms with E-state index in [9.17, 15) is 13.2 Å². The standard InChI is InChI=1S/C14H19BrN2O3S/c1-21(19,20)17-7-5-12(6-8-17)14(18)16-10-11-3-2-4-13(15)9-11/h2-4,9,12H,5-8,10H2,1H3,(H,16,18). The van der Waals surface area contributed by atoms with E-state index in [-0.39, 0.29) is 11.8 Å². The Hall–Kier alpha value is -0.920. The van der Waals surface area contributed by atoms with Crippen molar-refractivity contribution in [2.24, 2.45) is 5.92 Å². The van der Waals surface area contributed by atoms with Crippen LogP contribution in [0.2, 0.25) is 0 Å². The Bertz CT molecular complexity index is 610. The van der Waals surface area contributed by atoms with E-state index in [1.807, 2.05) is 24.3 Å². The molecule has 0 aromatic heterocycles. The summed E-state index contributed by atoms with van der Waals surface area (Å²) in [7, 11) is -3.14. The third-order valence-electron chi connectivity index (χ3n) is 3.65. The van der Waals surface area contributed by atoms with Gasteiger partial charge in [0.05, 0.1) is 6.26 Å². The predicted molar refractivity (Wildman–Crippen MR) is 85.1 cm³/mol. The maximum atomic E-state index is 12.1. The van der Waals surface area contributed by atoms with Crippen LogP contribution in [0, 0.1) is 5.92 Å². The highest BCUT2D eigenvalue weighted by Gasteiger charge is 2.28. The van der Waals surface area contributed by atoms with E-state index in [4.69, 9.17) is 0 Å². The quantitative estimate of drug-likeness (QED) is 0.872. The molecule has 116 valence electrons. The fraction of sp³-hybridized carbons (Fsp3) is 0.500. The summed E-state index contributed by atoms with van der Waals surface area (Å²) in [4.78, 5) is 12.1. The zero-order valence-corrected chi connectivity index (χ0v) is 14.3. The summed E-state index contributed by atoms with van der Waals surface area (Å²) in [6.07, 6.45) is 2.37. The zero-order chi connectivity index (χ0) is 15.5. The first kappa shape index (κ1) is 16.5. The van der Waals surface area contributed by atoms with Gasteiger partial charge < -0.3 is 5.32 Å². The molecule has 1 aliphatic heterocycles. The van der Waals surface area contributed by atoms with Crippen LogP contribution < -0.4 is 5.32 Å². The largest absolute Gasteiger partial charge is 0.352 e. The number of nitrogens with one attached hydrogen (secondary N) is 1. The van der Waals surface area contributed by atoms with E-state index in [1.54, 1.807) is 0 Å². The molecule has 1 amide bonds. The van der Waals surface area contributed by atoms with Crippen molar-refractivity contribution >= 4 is 31.9 Å². The van der Waals surface area contributed by atoms with E-state index in [2.05, 4.69) is 21.2 Å². The van der Waals surface area contributed by atoms with Crippen LogP contribution in [-0.4, -0.2) is 38.0 Å². The summed E-state index contributed by atoms with van der Waals surface area (Å²) >= 11 is 3.40. The summed E-state index contributed by atoms with van der Waals surface area (Å²) in [5.41, 5.74) is 1.03. The number of benzene rings is 1. The van der Waals surface area contributed by atoms with Gasteiger partial charge in [-0.25, -0.2) is 12.7 Å². The number of sulfonamides is 1. The number of piperidine rings is 1. The van der Waals surface area contributed by atoms with Crippen molar-refractivity contribution in [2.45, 2.75) is 19.4 Å². The van der Waals surface area contributed by atoms with Gasteiger partial charge in [-0.1, -0.05) is 28.1 Å². The summed E-state index contributed by atoms with van der Waals surface area (Å²) in [5.74, 6) is -0.0988. The van der Waals surface area contributed by atoms with Crippen LogP contribution in [0.1, 0.15) is 18.4 Å². The number of carbonyl (C=O) groups is 1. The van der Waals surface area contributed by atoms with Gasteiger partial charge in [-0.2, -0.15) is 0 Å². The molecule has 0 aliphatic carbocycles. The van der Waals surface area contributed by atoms with Crippen molar-refractivity contribution in [2.75, 3.05) is 19.3 Å². The molecular weight excluding hydrogens is 356 g/mol. The first-order valence-corrected chi connectivity index (χ1v) is 9.47. The molecule has 0 unspecified atom stereocenters. The Balaban J connectivity index is 1.83. The number of hydrogen-bond donors (Lipinski definition) is 1. The number of carbonyl (C=O) groups excluding carboxylic acids is 1. The van der Waals surface area contributed by atoms with Crippen LogP contribution in [0.3, 0.4) is 0 Å². The average molecular weight is 375 g/mol. The van der Waals surface area contributed by atoms with Gasteiger partial charge in [0.25, 0.3) is 0 Å². The minimum atomic E-state index is -3.14. The van der Waals surface area contributed by atoms with Gasteiger partial charge in [0.1, 0.15) is 0 Å². The van der Waals surface area contributed by atoms with Crippen LogP contribution in [0.4, 0.5) is 0 Å². The SMILES string of the molecule is CS(=O)(=O)N1CCC(C(=O)NCc2cccc(Br)c2)CC1. The highest BCUT2D eigenvalue weighted by molar-refractivity contribution is 9.10. The number of rotatable bonds is 4. The number of nitrogens with zero attached hydrogens (tertiary/aromatic N) is 1. The summed E-state index contributed by atoms with van der Waals surface area (Å²) in [6, 6.07) is 7.78. The molecule has 0 bridgehead atoms. The van der Waals surface area contributed by atoms with Crippen molar-refractivity contribution in [1.29, 1.82) is 0 Å². The Labute approximate surface area is 133 Å². The second-order valence-electron chi connectivity index (χ2n) is 5.28. The highest BCUT2D eigenvalue weighted by atomic mass is 79.9. The maximum absolute atomic E-state index is 12.1. The van der Waals surface area contributed by atoms with Crippen LogP contribution in [0.25, 0.3) is 0 Å². The van der Waals surface area contributed by atoms with E-state index in [1.165, 1.54) is 10.6 Å². The van der Waals surface area contributed by atoms with E-state index in [0.29, 0.717) is 32.5 Å². The lowest BCUT2D eigenvalue weighted by atomic mass is 9.97. The maximum Gasteiger partial charge on any atom is 0.223 e. The molecule has 1 saturated heterocycles. The first-order valence-electron chi connectivity index (χ1n) is 6.83. The van der Waals surface area contributed by atoms with Crippen LogP contribution in [-0.2, 0) is 21.4 Å². The summed E-state index contributed by atoms with van der Waals surface area (Å²) in [5, 5.41) is 2.92. The summed E-state index contributed by atoms with van der Waals surface area (Å²) in [6.45, 7) is 1.34. The summed E-state index contributed by atoms with van der Waals surface area (Å²) < 4.78 is 25.3. The van der Waals surface area contributed by atoms with E-state index in [0.717, 1.165) is 10.0 Å². The minimum Gasteiger partial charge on any atom is -0.352 e. The monoisotopic (exact) mass is 374 g/mol. The van der Waals surface area contributed by atoms with Crippen molar-refractivity contribution in [1.82, 2.24) is 9.62 Å². The fourth-order valence-electron chi connectivity index (χ4n) is 2.43. The Morgan fingerprint density at radius 3 is 2.62 bits per heavy atom. The molecule has 1 N–H and O–H groups in total. The van der Waals surface area contributed by atoms with Crippen molar-refractivity contribution in [3.8, 4) is 0 Å². The number of amides is 1. The van der Waals surface area contributed by atoms with Gasteiger partial charge in [0.2, 0.25) is 15.9 Å². The molecule has 1 aromatic carbocycles. The molecular formula is C14H19BrN2O3S. The average Bonchev–Trinajstić information content (AvgIpc) is 2.44. The lowest BCUT2D eigenvalue weighted by Crippen LogP contribution is -2.42. The Morgan fingerprint density at radius 2 is 2.05 bits per heavy atom. The molecule has 0 atom stereocenters. The lowest BCUT2D eigenvalue weighted by Gasteiger charge is -2.29. The number of hydrogen-bond acceptors (Lipinski definition) is 3. The van der Waals surface area contributed by atoms with Crippen molar-refractivity contribution < 1.29 is 13.2 Å². The predicted octanol–water partition coefficient (Wildman–Crippen LogP) is 1.74. The molecule has 21 heavy (non-hydrogen) atoms. The smallest absolute Gasteiger partial charge is 0.223 e. The molecule has 0 saturated carbocycles.